The predicted molar refractivity (Wildman–Crippen MR) is 77.7 cm³/mol. The summed E-state index contributed by atoms with van der Waals surface area (Å²) in [5.41, 5.74) is 0.182. The van der Waals surface area contributed by atoms with Crippen molar-refractivity contribution in [2.45, 2.75) is 50.4 Å². The first-order valence-electron chi connectivity index (χ1n) is 7.58. The summed E-state index contributed by atoms with van der Waals surface area (Å²) in [5.74, 6) is 0.202. The van der Waals surface area contributed by atoms with E-state index in [-0.39, 0.29) is 5.75 Å². The number of hydrogen-bond acceptors (Lipinski definition) is 3. The Balaban J connectivity index is 1.80. The van der Waals surface area contributed by atoms with Gasteiger partial charge in [0.25, 0.3) is 0 Å². The Kier molecular flexibility index (Phi) is 5.69. The summed E-state index contributed by atoms with van der Waals surface area (Å²) < 4.78 is 41.1. The molecule has 1 aromatic rings. The van der Waals surface area contributed by atoms with E-state index in [0.29, 0.717) is 13.1 Å². The van der Waals surface area contributed by atoms with Crippen molar-refractivity contribution < 1.29 is 23.0 Å². The molecule has 0 spiro atoms. The van der Waals surface area contributed by atoms with Crippen LogP contribution in [0.5, 0.6) is 5.75 Å². The Morgan fingerprint density at radius 3 is 2.59 bits per heavy atom. The summed E-state index contributed by atoms with van der Waals surface area (Å²) in [4.78, 5) is 0. The van der Waals surface area contributed by atoms with Crippen LogP contribution in [0, 0.1) is 0 Å². The van der Waals surface area contributed by atoms with Crippen molar-refractivity contribution in [3.05, 3.63) is 29.8 Å². The van der Waals surface area contributed by atoms with Gasteiger partial charge >= 0.3 is 6.18 Å². The third-order valence-corrected chi connectivity index (χ3v) is 3.87. The highest BCUT2D eigenvalue weighted by atomic mass is 19.4. The van der Waals surface area contributed by atoms with E-state index < -0.39 is 18.4 Å². The lowest BCUT2D eigenvalue weighted by atomic mass is 9.85. The van der Waals surface area contributed by atoms with E-state index in [1.165, 1.54) is 12.5 Å². The highest BCUT2D eigenvalue weighted by Gasteiger charge is 2.29. The SMILES string of the molecule is OC1(CNCc2cccc(OCC(F)(F)F)c2)CCCCC1. The molecule has 1 saturated carbocycles. The molecule has 1 aromatic carbocycles. The highest BCUT2D eigenvalue weighted by Crippen LogP contribution is 2.27. The molecular weight excluding hydrogens is 295 g/mol. The standard InChI is InChI=1S/C16H22F3NO2/c17-16(18,19)12-22-14-6-4-5-13(9-14)10-20-11-15(21)7-2-1-3-8-15/h4-6,9,20-21H,1-3,7-8,10-12H2. The minimum absolute atomic E-state index is 0.202. The molecular formula is C16H22F3NO2. The maximum Gasteiger partial charge on any atom is 0.422 e. The monoisotopic (exact) mass is 317 g/mol. The first kappa shape index (κ1) is 17.1. The summed E-state index contributed by atoms with van der Waals surface area (Å²) in [6.45, 7) is -0.296. The molecule has 0 aromatic heterocycles. The molecule has 0 atom stereocenters. The van der Waals surface area contributed by atoms with Gasteiger partial charge < -0.3 is 15.2 Å². The van der Waals surface area contributed by atoms with Gasteiger partial charge in [-0.3, -0.25) is 0 Å². The fraction of sp³-hybridized carbons (Fsp3) is 0.625. The number of aliphatic hydroxyl groups is 1. The quantitative estimate of drug-likeness (QED) is 0.845. The van der Waals surface area contributed by atoms with Gasteiger partial charge in [-0.25, -0.2) is 0 Å². The number of ether oxygens (including phenoxy) is 1. The van der Waals surface area contributed by atoms with E-state index in [0.717, 1.165) is 31.2 Å². The molecule has 0 amide bonds. The van der Waals surface area contributed by atoms with Gasteiger partial charge in [0.15, 0.2) is 6.61 Å². The van der Waals surface area contributed by atoms with E-state index in [1.54, 1.807) is 12.1 Å². The van der Waals surface area contributed by atoms with Crippen molar-refractivity contribution in [3.63, 3.8) is 0 Å². The maximum absolute atomic E-state index is 12.1. The number of alkyl halides is 3. The lowest BCUT2D eigenvalue weighted by molar-refractivity contribution is -0.153. The van der Waals surface area contributed by atoms with Crippen LogP contribution in [-0.2, 0) is 6.54 Å². The van der Waals surface area contributed by atoms with Crippen molar-refractivity contribution in [1.82, 2.24) is 5.32 Å². The fourth-order valence-corrected chi connectivity index (χ4v) is 2.74. The molecule has 22 heavy (non-hydrogen) atoms. The Morgan fingerprint density at radius 1 is 1.18 bits per heavy atom. The molecule has 6 heteroatoms. The second-order valence-corrected chi connectivity index (χ2v) is 5.94. The minimum atomic E-state index is -4.33. The van der Waals surface area contributed by atoms with Crippen LogP contribution in [0.15, 0.2) is 24.3 Å². The third-order valence-electron chi connectivity index (χ3n) is 3.87. The summed E-state index contributed by atoms with van der Waals surface area (Å²) in [5, 5.41) is 13.5. The Morgan fingerprint density at radius 2 is 1.91 bits per heavy atom. The number of hydrogen-bond donors (Lipinski definition) is 2. The zero-order valence-electron chi connectivity index (χ0n) is 12.5. The normalized spacial score (nSPS) is 18.2. The Bertz CT molecular complexity index is 471. The number of rotatable bonds is 6. The molecule has 1 fully saturated rings. The molecule has 1 aliphatic carbocycles. The Labute approximate surface area is 128 Å². The topological polar surface area (TPSA) is 41.5 Å². The third kappa shape index (κ3) is 5.85. The average Bonchev–Trinajstić information content (AvgIpc) is 2.45. The van der Waals surface area contributed by atoms with E-state index in [4.69, 9.17) is 4.74 Å². The van der Waals surface area contributed by atoms with Gasteiger partial charge in [-0.1, -0.05) is 31.4 Å². The highest BCUT2D eigenvalue weighted by molar-refractivity contribution is 5.28. The molecule has 0 bridgehead atoms. The molecule has 1 aliphatic rings. The van der Waals surface area contributed by atoms with Crippen LogP contribution < -0.4 is 10.1 Å². The van der Waals surface area contributed by atoms with Crippen LogP contribution in [0.4, 0.5) is 13.2 Å². The molecule has 2 N–H and O–H groups in total. The second kappa shape index (κ2) is 7.33. The van der Waals surface area contributed by atoms with E-state index in [1.807, 2.05) is 6.07 Å². The zero-order chi connectivity index (χ0) is 16.1. The smallest absolute Gasteiger partial charge is 0.422 e. The summed E-state index contributed by atoms with van der Waals surface area (Å²) in [6, 6.07) is 6.57. The molecule has 3 nitrogen and oxygen atoms in total. The molecule has 0 saturated heterocycles. The maximum atomic E-state index is 12.1. The van der Waals surface area contributed by atoms with Gasteiger partial charge in [-0.2, -0.15) is 13.2 Å². The van der Waals surface area contributed by atoms with Crippen LogP contribution >= 0.6 is 0 Å². The molecule has 0 aliphatic heterocycles. The van der Waals surface area contributed by atoms with E-state index in [2.05, 4.69) is 5.32 Å². The number of nitrogens with one attached hydrogen (secondary N) is 1. The van der Waals surface area contributed by atoms with Crippen LogP contribution in [0.2, 0.25) is 0 Å². The lowest BCUT2D eigenvalue weighted by Gasteiger charge is -2.32. The minimum Gasteiger partial charge on any atom is -0.484 e. The predicted octanol–water partition coefficient (Wildman–Crippen LogP) is 3.41. The number of benzene rings is 1. The van der Waals surface area contributed by atoms with Crippen LogP contribution in [0.1, 0.15) is 37.7 Å². The van der Waals surface area contributed by atoms with Crippen molar-refractivity contribution in [1.29, 1.82) is 0 Å². The van der Waals surface area contributed by atoms with E-state index in [9.17, 15) is 18.3 Å². The molecule has 124 valence electrons. The van der Waals surface area contributed by atoms with Crippen LogP contribution in [0.25, 0.3) is 0 Å². The number of halogens is 3. The van der Waals surface area contributed by atoms with Crippen LogP contribution in [-0.4, -0.2) is 30.0 Å². The molecule has 0 radical (unpaired) electrons. The van der Waals surface area contributed by atoms with E-state index >= 15 is 0 Å². The molecule has 0 unspecified atom stereocenters. The van der Waals surface area contributed by atoms with Crippen molar-refractivity contribution in [2.75, 3.05) is 13.2 Å². The lowest BCUT2D eigenvalue weighted by Crippen LogP contribution is -2.41. The first-order chi connectivity index (χ1) is 10.4. The van der Waals surface area contributed by atoms with Crippen LogP contribution in [0.3, 0.4) is 0 Å². The summed E-state index contributed by atoms with van der Waals surface area (Å²) >= 11 is 0. The zero-order valence-corrected chi connectivity index (χ0v) is 12.5. The second-order valence-electron chi connectivity index (χ2n) is 5.94. The molecule has 2 rings (SSSR count). The largest absolute Gasteiger partial charge is 0.484 e. The van der Waals surface area contributed by atoms with Gasteiger partial charge in [0.2, 0.25) is 0 Å². The average molecular weight is 317 g/mol. The van der Waals surface area contributed by atoms with Gasteiger partial charge in [0.05, 0.1) is 5.60 Å². The summed E-state index contributed by atoms with van der Waals surface area (Å²) in [7, 11) is 0. The summed E-state index contributed by atoms with van der Waals surface area (Å²) in [6.07, 6.45) is 0.515. The Hall–Kier alpha value is -1.27. The fourth-order valence-electron chi connectivity index (χ4n) is 2.74. The van der Waals surface area contributed by atoms with Crippen molar-refractivity contribution >= 4 is 0 Å². The van der Waals surface area contributed by atoms with Crippen molar-refractivity contribution in [2.24, 2.45) is 0 Å². The first-order valence-corrected chi connectivity index (χ1v) is 7.58. The van der Waals surface area contributed by atoms with Gasteiger partial charge in [0.1, 0.15) is 5.75 Å². The van der Waals surface area contributed by atoms with Gasteiger partial charge in [0, 0.05) is 13.1 Å². The van der Waals surface area contributed by atoms with Gasteiger partial charge in [-0.05, 0) is 30.5 Å². The van der Waals surface area contributed by atoms with Gasteiger partial charge in [-0.15, -0.1) is 0 Å². The molecule has 0 heterocycles. The van der Waals surface area contributed by atoms with Crippen molar-refractivity contribution in [3.8, 4) is 5.75 Å².